The average Bonchev–Trinajstić information content (AvgIpc) is 2.28. The topological polar surface area (TPSA) is 83.6 Å². The van der Waals surface area contributed by atoms with Crippen LogP contribution in [0.3, 0.4) is 0 Å². The van der Waals surface area contributed by atoms with Gasteiger partial charge in [-0.1, -0.05) is 17.7 Å². The average molecular weight is 291 g/mol. The van der Waals surface area contributed by atoms with Crippen LogP contribution in [-0.2, 0) is 10.0 Å². The Morgan fingerprint density at radius 3 is 2.78 bits per heavy atom. The van der Waals surface area contributed by atoms with E-state index in [-0.39, 0.29) is 22.2 Å². The van der Waals surface area contributed by atoms with Gasteiger partial charge in [0.2, 0.25) is 10.0 Å². The molecule has 3 N–H and O–H groups in total. The Balaban J connectivity index is 2.42. The van der Waals surface area contributed by atoms with E-state index in [0.29, 0.717) is 19.4 Å². The van der Waals surface area contributed by atoms with E-state index in [2.05, 4.69) is 0 Å². The first-order chi connectivity index (χ1) is 8.43. The summed E-state index contributed by atoms with van der Waals surface area (Å²) in [5.74, 6) is 0. The molecule has 0 bridgehead atoms. The number of nitrogen functional groups attached to an aromatic ring is 1. The lowest BCUT2D eigenvalue weighted by Gasteiger charge is -2.29. The zero-order valence-electron chi connectivity index (χ0n) is 9.71. The number of nitrogens with two attached hydrogens (primary N) is 1. The van der Waals surface area contributed by atoms with Gasteiger partial charge in [-0.25, -0.2) is 8.42 Å². The van der Waals surface area contributed by atoms with Crippen molar-refractivity contribution in [1.29, 1.82) is 0 Å². The van der Waals surface area contributed by atoms with Gasteiger partial charge in [-0.05, 0) is 25.0 Å². The quantitative estimate of drug-likeness (QED) is 0.798. The summed E-state index contributed by atoms with van der Waals surface area (Å²) in [5, 5.41) is 9.66. The number of rotatable bonds is 2. The summed E-state index contributed by atoms with van der Waals surface area (Å²) >= 11 is 5.92. The molecule has 100 valence electrons. The van der Waals surface area contributed by atoms with Gasteiger partial charge in [0.05, 0.1) is 16.8 Å². The summed E-state index contributed by atoms with van der Waals surface area (Å²) in [5.41, 5.74) is 5.82. The van der Waals surface area contributed by atoms with Gasteiger partial charge in [0.1, 0.15) is 4.90 Å². The Labute approximate surface area is 111 Å². The highest BCUT2D eigenvalue weighted by Crippen LogP contribution is 2.31. The highest BCUT2D eigenvalue weighted by Gasteiger charge is 2.32. The van der Waals surface area contributed by atoms with Gasteiger partial charge in [0.15, 0.2) is 0 Å². The van der Waals surface area contributed by atoms with E-state index in [0.717, 1.165) is 0 Å². The number of hydrogen-bond acceptors (Lipinski definition) is 4. The zero-order chi connectivity index (χ0) is 13.3. The highest BCUT2D eigenvalue weighted by atomic mass is 35.5. The van der Waals surface area contributed by atoms with Crippen LogP contribution in [0, 0.1) is 0 Å². The van der Waals surface area contributed by atoms with Crippen LogP contribution in [0.15, 0.2) is 23.1 Å². The monoisotopic (exact) mass is 290 g/mol. The number of halogens is 1. The predicted molar refractivity (Wildman–Crippen MR) is 69.9 cm³/mol. The molecule has 2 rings (SSSR count). The van der Waals surface area contributed by atoms with E-state index in [1.165, 1.54) is 16.4 Å². The van der Waals surface area contributed by atoms with Crippen molar-refractivity contribution < 1.29 is 13.5 Å². The van der Waals surface area contributed by atoms with Gasteiger partial charge < -0.3 is 10.8 Å². The van der Waals surface area contributed by atoms with Gasteiger partial charge in [-0.15, -0.1) is 0 Å². The second-order valence-electron chi connectivity index (χ2n) is 4.32. The number of β-amino-alcohol motifs (C(OH)–C–C–N with tert-alkyl or cyclic N) is 1. The van der Waals surface area contributed by atoms with Gasteiger partial charge >= 0.3 is 0 Å². The summed E-state index contributed by atoms with van der Waals surface area (Å²) in [6.07, 6.45) is 0.617. The first-order valence-corrected chi connectivity index (χ1v) is 7.47. The standard InChI is InChI=1S/C11H15ClN2O3S/c12-9-4-1-5-10(13)11(9)18(16,17)14-6-2-3-8(15)7-14/h1,4-5,8,15H,2-3,6-7,13H2. The molecule has 0 aromatic heterocycles. The van der Waals surface area contributed by atoms with Crippen molar-refractivity contribution in [2.24, 2.45) is 0 Å². The van der Waals surface area contributed by atoms with Crippen LogP contribution in [0.1, 0.15) is 12.8 Å². The van der Waals surface area contributed by atoms with Crippen molar-refractivity contribution in [2.45, 2.75) is 23.8 Å². The number of nitrogens with zero attached hydrogens (tertiary/aromatic N) is 1. The number of piperidine rings is 1. The minimum Gasteiger partial charge on any atom is -0.398 e. The molecule has 0 radical (unpaired) electrons. The molecule has 0 amide bonds. The summed E-state index contributed by atoms with van der Waals surface area (Å²) in [7, 11) is -3.74. The first-order valence-electron chi connectivity index (χ1n) is 5.65. The van der Waals surface area contributed by atoms with Crippen molar-refractivity contribution in [2.75, 3.05) is 18.8 Å². The molecule has 7 heteroatoms. The molecule has 1 heterocycles. The first kappa shape index (κ1) is 13.6. The van der Waals surface area contributed by atoms with E-state index in [4.69, 9.17) is 17.3 Å². The molecule has 0 spiro atoms. The second kappa shape index (κ2) is 5.05. The van der Waals surface area contributed by atoms with Crippen LogP contribution in [0.2, 0.25) is 5.02 Å². The molecule has 0 aliphatic carbocycles. The predicted octanol–water partition coefficient (Wildman–Crippen LogP) is 1.07. The Morgan fingerprint density at radius 2 is 2.17 bits per heavy atom. The molecule has 5 nitrogen and oxygen atoms in total. The van der Waals surface area contributed by atoms with Crippen molar-refractivity contribution in [1.82, 2.24) is 4.31 Å². The minimum absolute atomic E-state index is 0.0687. The fraction of sp³-hybridized carbons (Fsp3) is 0.455. The molecule has 1 aromatic rings. The van der Waals surface area contributed by atoms with Crippen LogP contribution in [-0.4, -0.2) is 37.0 Å². The van der Waals surface area contributed by atoms with Gasteiger partial charge in [0.25, 0.3) is 0 Å². The Bertz CT molecular complexity index is 527. The van der Waals surface area contributed by atoms with Crippen LogP contribution in [0.4, 0.5) is 5.69 Å². The summed E-state index contributed by atoms with van der Waals surface area (Å²) in [4.78, 5) is -0.0687. The number of hydrogen-bond donors (Lipinski definition) is 2. The maximum Gasteiger partial charge on any atom is 0.246 e. The smallest absolute Gasteiger partial charge is 0.246 e. The van der Waals surface area contributed by atoms with Crippen LogP contribution in [0.5, 0.6) is 0 Å². The molecular formula is C11H15ClN2O3S. The summed E-state index contributed by atoms with van der Waals surface area (Å²) < 4.78 is 26.1. The molecule has 1 saturated heterocycles. The molecule has 1 aliphatic heterocycles. The Morgan fingerprint density at radius 1 is 1.44 bits per heavy atom. The summed E-state index contributed by atoms with van der Waals surface area (Å²) in [6, 6.07) is 4.59. The molecule has 18 heavy (non-hydrogen) atoms. The zero-order valence-corrected chi connectivity index (χ0v) is 11.3. The third-order valence-corrected chi connectivity index (χ3v) is 5.36. The maximum atomic E-state index is 12.4. The van der Waals surface area contributed by atoms with Gasteiger partial charge in [-0.2, -0.15) is 4.31 Å². The molecule has 0 saturated carbocycles. The van der Waals surface area contributed by atoms with E-state index in [1.54, 1.807) is 6.07 Å². The molecule has 1 fully saturated rings. The van der Waals surface area contributed by atoms with Crippen molar-refractivity contribution in [3.63, 3.8) is 0 Å². The van der Waals surface area contributed by atoms with Crippen LogP contribution >= 0.6 is 11.6 Å². The third kappa shape index (κ3) is 2.47. The van der Waals surface area contributed by atoms with Crippen molar-refractivity contribution in [3.8, 4) is 0 Å². The molecular weight excluding hydrogens is 276 g/mol. The lowest BCUT2D eigenvalue weighted by molar-refractivity contribution is 0.108. The summed E-state index contributed by atoms with van der Waals surface area (Å²) in [6.45, 7) is 0.469. The van der Waals surface area contributed by atoms with Gasteiger partial charge in [-0.3, -0.25) is 0 Å². The largest absolute Gasteiger partial charge is 0.398 e. The maximum absolute atomic E-state index is 12.4. The van der Waals surface area contributed by atoms with Crippen molar-refractivity contribution in [3.05, 3.63) is 23.2 Å². The number of benzene rings is 1. The Kier molecular flexibility index (Phi) is 3.82. The van der Waals surface area contributed by atoms with E-state index < -0.39 is 16.1 Å². The SMILES string of the molecule is Nc1cccc(Cl)c1S(=O)(=O)N1CCCC(O)C1. The Hall–Kier alpha value is -0.820. The van der Waals surface area contributed by atoms with Crippen molar-refractivity contribution >= 4 is 27.3 Å². The molecule has 1 aliphatic rings. The van der Waals surface area contributed by atoms with E-state index >= 15 is 0 Å². The number of aliphatic hydroxyl groups excluding tert-OH is 1. The van der Waals surface area contributed by atoms with E-state index in [9.17, 15) is 13.5 Å². The normalized spacial score (nSPS) is 22.0. The highest BCUT2D eigenvalue weighted by molar-refractivity contribution is 7.89. The van der Waals surface area contributed by atoms with Crippen LogP contribution < -0.4 is 5.73 Å². The lowest BCUT2D eigenvalue weighted by Crippen LogP contribution is -2.42. The molecule has 1 unspecified atom stereocenters. The number of sulfonamides is 1. The fourth-order valence-electron chi connectivity index (χ4n) is 2.07. The van der Waals surface area contributed by atoms with E-state index in [1.807, 2.05) is 0 Å². The molecule has 1 atom stereocenters. The van der Waals surface area contributed by atoms with Crippen LogP contribution in [0.25, 0.3) is 0 Å². The number of aliphatic hydroxyl groups is 1. The van der Waals surface area contributed by atoms with Gasteiger partial charge in [0, 0.05) is 13.1 Å². The second-order valence-corrected chi connectivity index (χ2v) is 6.60. The third-order valence-electron chi connectivity index (χ3n) is 2.95. The molecule has 1 aromatic carbocycles. The fourth-order valence-corrected chi connectivity index (χ4v) is 4.22. The lowest BCUT2D eigenvalue weighted by atomic mass is 10.1. The minimum atomic E-state index is -3.74. The number of anilines is 1.